The number of hydrogen-bond acceptors (Lipinski definition) is 5. The lowest BCUT2D eigenvalue weighted by molar-refractivity contribution is 0.303. The number of benzene rings is 2. The third-order valence-electron chi connectivity index (χ3n) is 5.79. The van der Waals surface area contributed by atoms with E-state index in [0.29, 0.717) is 43.1 Å². The van der Waals surface area contributed by atoms with Crippen LogP contribution in [0.2, 0.25) is 0 Å². The van der Waals surface area contributed by atoms with Gasteiger partial charge < -0.3 is 18.9 Å². The molecule has 0 aliphatic rings. The standard InChI is InChI=1S/C30H33NO4/c1-7-10-23-24(11-8-2)26(22-17-28(32-4)30(34-6)29(18-22)33-5)19-27(25(23)12-9-3)35-20-21-13-15-31-16-14-21/h7-9,13-19H,1-3,10-12,20H2,4-6H3. The van der Waals surface area contributed by atoms with Gasteiger partial charge in [0.05, 0.1) is 21.3 Å². The normalized spacial score (nSPS) is 10.4. The van der Waals surface area contributed by atoms with Gasteiger partial charge in [-0.2, -0.15) is 0 Å². The Hall–Kier alpha value is -3.99. The Morgan fingerprint density at radius 1 is 0.714 bits per heavy atom. The fraction of sp³-hybridized carbons (Fsp3) is 0.233. The Balaban J connectivity index is 2.28. The Labute approximate surface area is 208 Å². The maximum Gasteiger partial charge on any atom is 0.203 e. The van der Waals surface area contributed by atoms with E-state index in [1.165, 1.54) is 0 Å². The number of nitrogens with zero attached hydrogens (tertiary/aromatic N) is 1. The fourth-order valence-corrected chi connectivity index (χ4v) is 4.20. The Morgan fingerprint density at radius 3 is 1.83 bits per heavy atom. The van der Waals surface area contributed by atoms with Crippen molar-refractivity contribution in [2.75, 3.05) is 21.3 Å². The molecule has 1 aromatic heterocycles. The molecule has 5 nitrogen and oxygen atoms in total. The number of methoxy groups -OCH3 is 3. The molecule has 35 heavy (non-hydrogen) atoms. The Morgan fingerprint density at radius 2 is 1.29 bits per heavy atom. The second-order valence-corrected chi connectivity index (χ2v) is 7.89. The fourth-order valence-electron chi connectivity index (χ4n) is 4.20. The van der Waals surface area contributed by atoms with Crippen molar-refractivity contribution in [3.05, 3.63) is 103 Å². The molecule has 0 unspecified atom stereocenters. The third-order valence-corrected chi connectivity index (χ3v) is 5.79. The summed E-state index contributed by atoms with van der Waals surface area (Å²) < 4.78 is 23.2. The number of hydrogen-bond donors (Lipinski definition) is 0. The molecule has 0 aliphatic heterocycles. The minimum Gasteiger partial charge on any atom is -0.493 e. The highest BCUT2D eigenvalue weighted by atomic mass is 16.5. The van der Waals surface area contributed by atoms with Crippen LogP contribution in [0.4, 0.5) is 0 Å². The van der Waals surface area contributed by atoms with Crippen LogP contribution in [0.5, 0.6) is 23.0 Å². The predicted octanol–water partition coefficient (Wildman–Crippen LogP) is 6.54. The number of allylic oxidation sites excluding steroid dienone is 3. The Kier molecular flexibility index (Phi) is 9.13. The van der Waals surface area contributed by atoms with Crippen molar-refractivity contribution < 1.29 is 18.9 Å². The van der Waals surface area contributed by atoms with Crippen LogP contribution in [0.25, 0.3) is 11.1 Å². The number of aromatic nitrogens is 1. The van der Waals surface area contributed by atoms with Crippen LogP contribution >= 0.6 is 0 Å². The minimum atomic E-state index is 0.426. The first-order valence-electron chi connectivity index (χ1n) is 11.4. The molecular formula is C30H33NO4. The average Bonchev–Trinajstić information content (AvgIpc) is 2.89. The van der Waals surface area contributed by atoms with Gasteiger partial charge in [-0.25, -0.2) is 0 Å². The summed E-state index contributed by atoms with van der Waals surface area (Å²) in [7, 11) is 4.83. The maximum atomic E-state index is 6.39. The quantitative estimate of drug-likeness (QED) is 0.265. The summed E-state index contributed by atoms with van der Waals surface area (Å²) >= 11 is 0. The smallest absolute Gasteiger partial charge is 0.203 e. The highest BCUT2D eigenvalue weighted by molar-refractivity contribution is 5.77. The summed E-state index contributed by atoms with van der Waals surface area (Å²) in [4.78, 5) is 4.10. The highest BCUT2D eigenvalue weighted by Gasteiger charge is 2.21. The second kappa shape index (κ2) is 12.5. The lowest BCUT2D eigenvalue weighted by Crippen LogP contribution is -2.07. The van der Waals surface area contributed by atoms with Crippen LogP contribution in [-0.2, 0) is 25.9 Å². The number of rotatable bonds is 13. The van der Waals surface area contributed by atoms with E-state index in [2.05, 4.69) is 30.8 Å². The molecule has 2 aromatic carbocycles. The molecule has 3 rings (SSSR count). The zero-order valence-electron chi connectivity index (χ0n) is 20.8. The zero-order valence-corrected chi connectivity index (χ0v) is 20.8. The summed E-state index contributed by atoms with van der Waals surface area (Å²) in [5, 5.41) is 0. The monoisotopic (exact) mass is 471 g/mol. The first-order valence-corrected chi connectivity index (χ1v) is 11.4. The summed E-state index contributed by atoms with van der Waals surface area (Å²) in [5.41, 5.74) is 6.40. The third kappa shape index (κ3) is 5.75. The SMILES string of the molecule is C=CCc1c(OCc2ccncc2)cc(-c2cc(OC)c(OC)c(OC)c2)c(CC=C)c1CC=C. The molecule has 0 saturated carbocycles. The van der Waals surface area contributed by atoms with Gasteiger partial charge in [0.15, 0.2) is 11.5 Å². The number of pyridine rings is 1. The van der Waals surface area contributed by atoms with E-state index in [9.17, 15) is 0 Å². The first-order chi connectivity index (χ1) is 17.1. The summed E-state index contributed by atoms with van der Waals surface area (Å²) in [5.74, 6) is 2.53. The minimum absolute atomic E-state index is 0.426. The van der Waals surface area contributed by atoms with Crippen molar-refractivity contribution in [1.82, 2.24) is 4.98 Å². The Bertz CT molecular complexity index is 1160. The first kappa shape index (κ1) is 25.6. The zero-order chi connectivity index (χ0) is 25.2. The summed E-state index contributed by atoms with van der Waals surface area (Å²) in [6, 6.07) is 9.90. The molecule has 5 heteroatoms. The van der Waals surface area contributed by atoms with E-state index in [0.717, 1.165) is 39.1 Å². The molecule has 0 aliphatic carbocycles. The molecule has 0 fully saturated rings. The lowest BCUT2D eigenvalue weighted by Gasteiger charge is -2.23. The van der Waals surface area contributed by atoms with E-state index in [1.54, 1.807) is 33.7 Å². The highest BCUT2D eigenvalue weighted by Crippen LogP contribution is 2.44. The van der Waals surface area contributed by atoms with Crippen LogP contribution in [0.15, 0.2) is 80.7 Å². The summed E-state index contributed by atoms with van der Waals surface area (Å²) in [6.45, 7) is 12.4. The molecule has 0 atom stereocenters. The molecular weight excluding hydrogens is 438 g/mol. The van der Waals surface area contributed by atoms with Crippen molar-refractivity contribution in [3.8, 4) is 34.1 Å². The van der Waals surface area contributed by atoms with Crippen LogP contribution < -0.4 is 18.9 Å². The van der Waals surface area contributed by atoms with E-state index >= 15 is 0 Å². The molecule has 0 radical (unpaired) electrons. The van der Waals surface area contributed by atoms with Gasteiger partial charge in [-0.05, 0) is 77.4 Å². The second-order valence-electron chi connectivity index (χ2n) is 7.89. The molecule has 0 spiro atoms. The van der Waals surface area contributed by atoms with E-state index in [-0.39, 0.29) is 0 Å². The van der Waals surface area contributed by atoms with Crippen LogP contribution in [0.3, 0.4) is 0 Å². The van der Waals surface area contributed by atoms with Crippen LogP contribution in [0.1, 0.15) is 22.3 Å². The van der Waals surface area contributed by atoms with Crippen molar-refractivity contribution in [2.24, 2.45) is 0 Å². The van der Waals surface area contributed by atoms with Gasteiger partial charge in [0.1, 0.15) is 12.4 Å². The van der Waals surface area contributed by atoms with E-state index < -0.39 is 0 Å². The molecule has 182 valence electrons. The van der Waals surface area contributed by atoms with Gasteiger partial charge >= 0.3 is 0 Å². The van der Waals surface area contributed by atoms with Gasteiger partial charge in [0.25, 0.3) is 0 Å². The molecule has 0 saturated heterocycles. The van der Waals surface area contributed by atoms with Crippen LogP contribution in [0, 0.1) is 0 Å². The lowest BCUT2D eigenvalue weighted by atomic mass is 9.86. The van der Waals surface area contributed by atoms with Crippen LogP contribution in [-0.4, -0.2) is 26.3 Å². The van der Waals surface area contributed by atoms with Crippen molar-refractivity contribution in [3.63, 3.8) is 0 Å². The van der Waals surface area contributed by atoms with Gasteiger partial charge in [0, 0.05) is 18.0 Å². The van der Waals surface area contributed by atoms with Crippen molar-refractivity contribution in [1.29, 1.82) is 0 Å². The summed E-state index contributed by atoms with van der Waals surface area (Å²) in [6.07, 6.45) is 11.3. The topological polar surface area (TPSA) is 49.8 Å². The predicted molar refractivity (Wildman–Crippen MR) is 142 cm³/mol. The van der Waals surface area contributed by atoms with E-state index in [1.807, 2.05) is 42.5 Å². The molecule has 0 amide bonds. The van der Waals surface area contributed by atoms with Gasteiger partial charge in [-0.1, -0.05) is 18.2 Å². The van der Waals surface area contributed by atoms with Crippen molar-refractivity contribution >= 4 is 0 Å². The van der Waals surface area contributed by atoms with Gasteiger partial charge in [0.2, 0.25) is 5.75 Å². The molecule has 0 bridgehead atoms. The largest absolute Gasteiger partial charge is 0.493 e. The van der Waals surface area contributed by atoms with Crippen molar-refractivity contribution in [2.45, 2.75) is 25.9 Å². The molecule has 3 aromatic rings. The van der Waals surface area contributed by atoms with Gasteiger partial charge in [-0.15, -0.1) is 19.7 Å². The molecule has 0 N–H and O–H groups in total. The maximum absolute atomic E-state index is 6.39. The number of ether oxygens (including phenoxy) is 4. The van der Waals surface area contributed by atoms with E-state index in [4.69, 9.17) is 18.9 Å². The molecule has 1 heterocycles. The van der Waals surface area contributed by atoms with Gasteiger partial charge in [-0.3, -0.25) is 4.98 Å². The average molecular weight is 472 g/mol.